The number of methoxy groups -OCH3 is 1. The Hall–Kier alpha value is -1.88. The molecule has 1 unspecified atom stereocenters. The lowest BCUT2D eigenvalue weighted by atomic mass is 9.84. The molecule has 1 spiro atoms. The first-order chi connectivity index (χ1) is 12.0. The van der Waals surface area contributed by atoms with E-state index >= 15 is 0 Å². The van der Waals surface area contributed by atoms with Gasteiger partial charge in [-0.3, -0.25) is 9.69 Å². The van der Waals surface area contributed by atoms with Crippen LogP contribution in [0, 0.1) is 0 Å². The van der Waals surface area contributed by atoms with Crippen molar-refractivity contribution in [3.05, 3.63) is 35.4 Å². The number of ether oxygens (including phenoxy) is 1. The molecule has 1 aromatic rings. The molecule has 0 N–H and O–H groups in total. The molecule has 5 heteroatoms. The van der Waals surface area contributed by atoms with Gasteiger partial charge >= 0.3 is 5.97 Å². The predicted octanol–water partition coefficient (Wildman–Crippen LogP) is 2.84. The summed E-state index contributed by atoms with van der Waals surface area (Å²) in [6, 6.07) is 7.79. The molecule has 5 nitrogen and oxygen atoms in total. The van der Waals surface area contributed by atoms with Crippen LogP contribution in [-0.4, -0.2) is 53.5 Å². The molecule has 0 saturated carbocycles. The van der Waals surface area contributed by atoms with E-state index in [1.165, 1.54) is 7.11 Å². The van der Waals surface area contributed by atoms with Gasteiger partial charge in [0.2, 0.25) is 5.91 Å². The maximum Gasteiger partial charge on any atom is 0.337 e. The molecule has 1 atom stereocenters. The van der Waals surface area contributed by atoms with Gasteiger partial charge in [0.1, 0.15) is 5.54 Å². The van der Waals surface area contributed by atoms with Crippen molar-refractivity contribution in [3.8, 4) is 0 Å². The van der Waals surface area contributed by atoms with Crippen LogP contribution in [0.15, 0.2) is 24.3 Å². The van der Waals surface area contributed by atoms with Crippen molar-refractivity contribution >= 4 is 11.9 Å². The summed E-state index contributed by atoms with van der Waals surface area (Å²) in [5.74, 6) is -0.0342. The van der Waals surface area contributed by atoms with Gasteiger partial charge in [-0.05, 0) is 63.8 Å². The van der Waals surface area contributed by atoms with Crippen LogP contribution < -0.4 is 0 Å². The number of hydrogen-bond donors (Lipinski definition) is 0. The third kappa shape index (κ3) is 3.30. The average molecular weight is 344 g/mol. The van der Waals surface area contributed by atoms with Gasteiger partial charge in [-0.2, -0.15) is 0 Å². The Morgan fingerprint density at radius 2 is 1.96 bits per heavy atom. The summed E-state index contributed by atoms with van der Waals surface area (Å²) in [6.45, 7) is 6.68. The summed E-state index contributed by atoms with van der Waals surface area (Å²) in [6.07, 6.45) is 3.98. The first kappa shape index (κ1) is 17.9. The van der Waals surface area contributed by atoms with Crippen molar-refractivity contribution in [3.63, 3.8) is 0 Å². The van der Waals surface area contributed by atoms with Crippen molar-refractivity contribution in [1.82, 2.24) is 9.80 Å². The third-order valence-corrected chi connectivity index (χ3v) is 5.62. The highest BCUT2D eigenvalue weighted by Gasteiger charge is 2.50. The number of likely N-dealkylation sites (tertiary alicyclic amines) is 2. The Morgan fingerprint density at radius 1 is 1.24 bits per heavy atom. The summed E-state index contributed by atoms with van der Waals surface area (Å²) >= 11 is 0. The lowest BCUT2D eigenvalue weighted by Gasteiger charge is -2.46. The highest BCUT2D eigenvalue weighted by atomic mass is 16.5. The van der Waals surface area contributed by atoms with E-state index in [9.17, 15) is 9.59 Å². The standard InChI is InChI=1S/C20H28N2O3/c1-15(2)22-12-6-10-20(19(22)24)9-5-11-21(20)14-16-7-4-8-17(13-16)18(23)25-3/h4,7-8,13,15H,5-6,9-12,14H2,1-3H3. The van der Waals surface area contributed by atoms with Crippen molar-refractivity contribution in [1.29, 1.82) is 0 Å². The Kier molecular flexibility index (Phi) is 5.13. The summed E-state index contributed by atoms with van der Waals surface area (Å²) in [5.41, 5.74) is 1.26. The molecule has 2 saturated heterocycles. The predicted molar refractivity (Wildman–Crippen MR) is 96.2 cm³/mol. The number of benzene rings is 1. The van der Waals surface area contributed by atoms with Gasteiger partial charge in [0.15, 0.2) is 0 Å². The van der Waals surface area contributed by atoms with Gasteiger partial charge in [0.25, 0.3) is 0 Å². The minimum atomic E-state index is -0.357. The highest BCUT2D eigenvalue weighted by Crippen LogP contribution is 2.39. The number of nitrogens with zero attached hydrogens (tertiary/aromatic N) is 2. The van der Waals surface area contributed by atoms with Crippen molar-refractivity contribution in [2.24, 2.45) is 0 Å². The maximum absolute atomic E-state index is 13.2. The van der Waals surface area contributed by atoms with E-state index < -0.39 is 0 Å². The fourth-order valence-corrected chi connectivity index (χ4v) is 4.34. The Balaban J connectivity index is 1.82. The van der Waals surface area contributed by atoms with Crippen molar-refractivity contribution < 1.29 is 14.3 Å². The van der Waals surface area contributed by atoms with Crippen LogP contribution >= 0.6 is 0 Å². The number of hydrogen-bond acceptors (Lipinski definition) is 4. The van der Waals surface area contributed by atoms with Gasteiger partial charge < -0.3 is 9.64 Å². The van der Waals surface area contributed by atoms with Crippen LogP contribution in [0.1, 0.15) is 55.5 Å². The van der Waals surface area contributed by atoms with Crippen LogP contribution in [0.3, 0.4) is 0 Å². The van der Waals surface area contributed by atoms with Crippen LogP contribution in [0.5, 0.6) is 0 Å². The molecule has 2 aliphatic heterocycles. The molecule has 0 radical (unpaired) electrons. The van der Waals surface area contributed by atoms with E-state index in [1.54, 1.807) is 6.07 Å². The van der Waals surface area contributed by atoms with Gasteiger partial charge in [-0.15, -0.1) is 0 Å². The number of piperidine rings is 1. The van der Waals surface area contributed by atoms with E-state index in [-0.39, 0.29) is 23.5 Å². The normalized spacial score (nSPS) is 24.3. The number of esters is 1. The zero-order valence-electron chi connectivity index (χ0n) is 15.5. The van der Waals surface area contributed by atoms with Gasteiger partial charge in [-0.25, -0.2) is 4.79 Å². The van der Waals surface area contributed by atoms with E-state index in [1.807, 2.05) is 23.1 Å². The van der Waals surface area contributed by atoms with Gasteiger partial charge in [0.05, 0.1) is 12.7 Å². The molecule has 0 aromatic heterocycles. The summed E-state index contributed by atoms with van der Waals surface area (Å²) in [5, 5.41) is 0. The highest BCUT2D eigenvalue weighted by molar-refractivity contribution is 5.89. The Labute approximate surface area is 149 Å². The molecule has 1 aromatic carbocycles. The smallest absolute Gasteiger partial charge is 0.337 e. The Morgan fingerprint density at radius 3 is 2.64 bits per heavy atom. The second-order valence-corrected chi connectivity index (χ2v) is 7.44. The first-order valence-corrected chi connectivity index (χ1v) is 9.21. The largest absolute Gasteiger partial charge is 0.465 e. The lowest BCUT2D eigenvalue weighted by molar-refractivity contribution is -0.149. The molecule has 2 aliphatic rings. The van der Waals surface area contributed by atoms with Crippen LogP contribution in [0.4, 0.5) is 0 Å². The first-order valence-electron chi connectivity index (χ1n) is 9.21. The molecule has 0 bridgehead atoms. The minimum absolute atomic E-state index is 0.245. The van der Waals surface area contributed by atoms with Gasteiger partial charge in [0, 0.05) is 19.1 Å². The lowest BCUT2D eigenvalue weighted by Crippen LogP contribution is -2.61. The van der Waals surface area contributed by atoms with E-state index in [2.05, 4.69) is 18.7 Å². The summed E-state index contributed by atoms with van der Waals surface area (Å²) < 4.78 is 4.82. The van der Waals surface area contributed by atoms with Crippen molar-refractivity contribution in [2.45, 2.75) is 57.7 Å². The molecule has 25 heavy (non-hydrogen) atoms. The van der Waals surface area contributed by atoms with E-state index in [0.29, 0.717) is 12.1 Å². The maximum atomic E-state index is 13.2. The molecule has 0 aliphatic carbocycles. The molecular weight excluding hydrogens is 316 g/mol. The monoisotopic (exact) mass is 344 g/mol. The van der Waals surface area contributed by atoms with E-state index in [0.717, 1.165) is 44.3 Å². The Bertz CT molecular complexity index is 658. The zero-order valence-corrected chi connectivity index (χ0v) is 15.5. The molecule has 2 heterocycles. The molecule has 3 rings (SSSR count). The van der Waals surface area contributed by atoms with Crippen LogP contribution in [-0.2, 0) is 16.1 Å². The van der Waals surface area contributed by atoms with Crippen LogP contribution in [0.2, 0.25) is 0 Å². The third-order valence-electron chi connectivity index (χ3n) is 5.62. The second kappa shape index (κ2) is 7.16. The summed E-state index contributed by atoms with van der Waals surface area (Å²) in [4.78, 5) is 29.4. The molecule has 1 amide bonds. The number of carbonyl (C=O) groups is 2. The number of carbonyl (C=O) groups excluding carboxylic acids is 2. The number of amides is 1. The molecular formula is C20H28N2O3. The average Bonchev–Trinajstić information content (AvgIpc) is 3.00. The van der Waals surface area contributed by atoms with Crippen LogP contribution in [0.25, 0.3) is 0 Å². The minimum Gasteiger partial charge on any atom is -0.465 e. The van der Waals surface area contributed by atoms with Crippen molar-refractivity contribution in [2.75, 3.05) is 20.2 Å². The second-order valence-electron chi connectivity index (χ2n) is 7.44. The molecule has 2 fully saturated rings. The quantitative estimate of drug-likeness (QED) is 0.788. The fourth-order valence-electron chi connectivity index (χ4n) is 4.34. The SMILES string of the molecule is COC(=O)c1cccc(CN2CCCC23CCCN(C(C)C)C3=O)c1. The number of rotatable bonds is 4. The topological polar surface area (TPSA) is 49.9 Å². The fraction of sp³-hybridized carbons (Fsp3) is 0.600. The summed E-state index contributed by atoms with van der Waals surface area (Å²) in [7, 11) is 1.39. The van der Waals surface area contributed by atoms with Gasteiger partial charge in [-0.1, -0.05) is 12.1 Å². The zero-order chi connectivity index (χ0) is 18.0. The molecule has 136 valence electrons. The van der Waals surface area contributed by atoms with E-state index in [4.69, 9.17) is 4.74 Å².